The zero-order valence-corrected chi connectivity index (χ0v) is 16.1. The highest BCUT2D eigenvalue weighted by atomic mass is 16.5. The highest BCUT2D eigenvalue weighted by Gasteiger charge is 2.29. The van der Waals surface area contributed by atoms with Crippen molar-refractivity contribution in [3.8, 4) is 11.4 Å². The molecule has 28 heavy (non-hydrogen) atoms. The third-order valence-corrected chi connectivity index (χ3v) is 5.32. The first-order chi connectivity index (χ1) is 13.6. The first-order valence-electron chi connectivity index (χ1n) is 9.56. The van der Waals surface area contributed by atoms with Crippen molar-refractivity contribution in [3.05, 3.63) is 75.8 Å². The Morgan fingerprint density at radius 1 is 1.18 bits per heavy atom. The van der Waals surface area contributed by atoms with Gasteiger partial charge in [-0.15, -0.1) is 0 Å². The van der Waals surface area contributed by atoms with E-state index in [2.05, 4.69) is 32.4 Å². The lowest BCUT2D eigenvalue weighted by molar-refractivity contribution is 0.0933. The quantitative estimate of drug-likeness (QED) is 0.711. The largest absolute Gasteiger partial charge is 0.373 e. The van der Waals surface area contributed by atoms with Gasteiger partial charge in [-0.3, -0.25) is 4.79 Å². The molecule has 4 rings (SSSR count). The Labute approximate surface area is 164 Å². The maximum Gasteiger partial charge on any atom is 0.254 e. The number of hydrogen-bond acceptors (Lipinski definition) is 5. The van der Waals surface area contributed by atoms with Gasteiger partial charge in [0.25, 0.3) is 5.56 Å². The van der Waals surface area contributed by atoms with E-state index in [0.29, 0.717) is 17.3 Å². The van der Waals surface area contributed by atoms with E-state index in [4.69, 9.17) is 4.74 Å². The van der Waals surface area contributed by atoms with Gasteiger partial charge in [0.2, 0.25) is 0 Å². The molecule has 0 radical (unpaired) electrons. The monoisotopic (exact) mass is 376 g/mol. The van der Waals surface area contributed by atoms with Crippen molar-refractivity contribution in [1.82, 2.24) is 15.0 Å². The van der Waals surface area contributed by atoms with Crippen molar-refractivity contribution in [2.75, 3.05) is 18.5 Å². The zero-order valence-electron chi connectivity index (χ0n) is 16.1. The van der Waals surface area contributed by atoms with Gasteiger partial charge in [0.05, 0.1) is 6.10 Å². The standard InChI is InChI=1S/C22H24N4O2/c1-14-15(2)25-21(26-22(14)27)18-8-9-19(24-13-18)23-12-17-10-11-28-20(17)16-6-4-3-5-7-16/h3-9,13,17,20H,10-12H2,1-2H3,(H,23,24)(H,25,26,27). The predicted molar refractivity (Wildman–Crippen MR) is 109 cm³/mol. The number of ether oxygens (including phenoxy) is 1. The molecule has 3 heterocycles. The van der Waals surface area contributed by atoms with Crippen LogP contribution in [0.1, 0.15) is 29.3 Å². The van der Waals surface area contributed by atoms with E-state index in [9.17, 15) is 4.79 Å². The number of pyridine rings is 1. The van der Waals surface area contributed by atoms with Crippen LogP contribution in [-0.2, 0) is 4.74 Å². The molecule has 0 aliphatic carbocycles. The summed E-state index contributed by atoms with van der Waals surface area (Å²) in [5, 5.41) is 3.41. The summed E-state index contributed by atoms with van der Waals surface area (Å²) < 4.78 is 5.95. The average molecular weight is 376 g/mol. The Bertz CT molecular complexity index is 999. The van der Waals surface area contributed by atoms with Crippen molar-refractivity contribution >= 4 is 5.82 Å². The van der Waals surface area contributed by atoms with E-state index in [-0.39, 0.29) is 11.7 Å². The van der Waals surface area contributed by atoms with Crippen LogP contribution in [0.15, 0.2) is 53.5 Å². The van der Waals surface area contributed by atoms with Gasteiger partial charge in [-0.2, -0.15) is 0 Å². The summed E-state index contributed by atoms with van der Waals surface area (Å²) in [7, 11) is 0. The molecule has 0 bridgehead atoms. The molecule has 1 aliphatic rings. The summed E-state index contributed by atoms with van der Waals surface area (Å²) in [4.78, 5) is 23.7. The number of H-pyrrole nitrogens is 1. The van der Waals surface area contributed by atoms with Gasteiger partial charge in [0.15, 0.2) is 0 Å². The van der Waals surface area contributed by atoms with Crippen LogP contribution in [0.2, 0.25) is 0 Å². The van der Waals surface area contributed by atoms with E-state index >= 15 is 0 Å². The highest BCUT2D eigenvalue weighted by molar-refractivity contribution is 5.56. The van der Waals surface area contributed by atoms with E-state index in [1.54, 1.807) is 13.1 Å². The second kappa shape index (κ2) is 7.94. The van der Waals surface area contributed by atoms with Crippen LogP contribution in [-0.4, -0.2) is 28.1 Å². The van der Waals surface area contributed by atoms with Gasteiger partial charge in [-0.1, -0.05) is 30.3 Å². The lowest BCUT2D eigenvalue weighted by Crippen LogP contribution is -2.18. The van der Waals surface area contributed by atoms with Crippen LogP contribution in [0, 0.1) is 19.8 Å². The van der Waals surface area contributed by atoms with Crippen molar-refractivity contribution in [2.24, 2.45) is 5.92 Å². The molecule has 3 aromatic rings. The number of hydrogen-bond donors (Lipinski definition) is 2. The van der Waals surface area contributed by atoms with Crippen LogP contribution in [0.5, 0.6) is 0 Å². The van der Waals surface area contributed by atoms with Gasteiger partial charge in [-0.25, -0.2) is 9.97 Å². The molecule has 1 aromatic carbocycles. The smallest absolute Gasteiger partial charge is 0.254 e. The molecule has 0 spiro atoms. The summed E-state index contributed by atoms with van der Waals surface area (Å²) in [6, 6.07) is 14.2. The molecule has 2 aromatic heterocycles. The van der Waals surface area contributed by atoms with Crippen LogP contribution in [0.3, 0.4) is 0 Å². The summed E-state index contributed by atoms with van der Waals surface area (Å²) in [5.74, 6) is 1.75. The second-order valence-electron chi connectivity index (χ2n) is 7.19. The fourth-order valence-corrected chi connectivity index (χ4v) is 3.51. The van der Waals surface area contributed by atoms with Crippen LogP contribution in [0.4, 0.5) is 5.82 Å². The maximum atomic E-state index is 12.0. The van der Waals surface area contributed by atoms with E-state index < -0.39 is 0 Å². The van der Waals surface area contributed by atoms with Crippen LogP contribution >= 0.6 is 0 Å². The molecular formula is C22H24N4O2. The predicted octanol–water partition coefficient (Wildman–Crippen LogP) is 3.64. The van der Waals surface area contributed by atoms with Crippen LogP contribution in [0.25, 0.3) is 11.4 Å². The van der Waals surface area contributed by atoms with Gasteiger partial charge < -0.3 is 15.0 Å². The third-order valence-electron chi connectivity index (χ3n) is 5.32. The minimum absolute atomic E-state index is 0.113. The number of aromatic amines is 1. The molecule has 6 heteroatoms. The Balaban J connectivity index is 1.43. The molecule has 1 saturated heterocycles. The Hall–Kier alpha value is -2.99. The van der Waals surface area contributed by atoms with E-state index in [1.807, 2.05) is 37.3 Å². The normalized spacial score (nSPS) is 18.9. The molecule has 0 saturated carbocycles. The summed E-state index contributed by atoms with van der Waals surface area (Å²) in [6.45, 7) is 5.19. The van der Waals surface area contributed by atoms with Gasteiger partial charge in [-0.05, 0) is 38.0 Å². The molecular weight excluding hydrogens is 352 g/mol. The van der Waals surface area contributed by atoms with E-state index in [0.717, 1.165) is 36.6 Å². The molecule has 2 N–H and O–H groups in total. The number of nitrogens with one attached hydrogen (secondary N) is 2. The topological polar surface area (TPSA) is 79.9 Å². The van der Waals surface area contributed by atoms with Crippen molar-refractivity contribution in [2.45, 2.75) is 26.4 Å². The summed E-state index contributed by atoms with van der Waals surface area (Å²) in [5.41, 5.74) is 3.27. The first-order valence-corrected chi connectivity index (χ1v) is 9.56. The average Bonchev–Trinajstić information content (AvgIpc) is 3.20. The lowest BCUT2D eigenvalue weighted by atomic mass is 9.95. The maximum absolute atomic E-state index is 12.0. The molecule has 1 fully saturated rings. The summed E-state index contributed by atoms with van der Waals surface area (Å²) in [6.07, 6.45) is 2.88. The number of rotatable bonds is 5. The summed E-state index contributed by atoms with van der Waals surface area (Å²) >= 11 is 0. The molecule has 2 unspecified atom stereocenters. The number of nitrogens with zero attached hydrogens (tertiary/aromatic N) is 2. The van der Waals surface area contributed by atoms with Gasteiger partial charge in [0, 0.05) is 42.1 Å². The van der Waals surface area contributed by atoms with Crippen molar-refractivity contribution in [3.63, 3.8) is 0 Å². The minimum Gasteiger partial charge on any atom is -0.373 e. The second-order valence-corrected chi connectivity index (χ2v) is 7.19. The number of aryl methyl sites for hydroxylation is 1. The lowest BCUT2D eigenvalue weighted by Gasteiger charge is -2.19. The molecule has 144 valence electrons. The highest BCUT2D eigenvalue weighted by Crippen LogP contribution is 2.34. The third kappa shape index (κ3) is 3.82. The van der Waals surface area contributed by atoms with Gasteiger partial charge in [0.1, 0.15) is 11.6 Å². The molecule has 2 atom stereocenters. The zero-order chi connectivity index (χ0) is 19.5. The Kier molecular flexibility index (Phi) is 5.21. The molecule has 6 nitrogen and oxygen atoms in total. The Morgan fingerprint density at radius 3 is 2.71 bits per heavy atom. The van der Waals surface area contributed by atoms with Gasteiger partial charge >= 0.3 is 0 Å². The minimum atomic E-state index is -0.113. The fraction of sp³-hybridized carbons (Fsp3) is 0.318. The van der Waals surface area contributed by atoms with Crippen LogP contribution < -0.4 is 10.9 Å². The Morgan fingerprint density at radius 2 is 2.00 bits per heavy atom. The van der Waals surface area contributed by atoms with Crippen molar-refractivity contribution < 1.29 is 4.74 Å². The SMILES string of the molecule is Cc1nc(-c2ccc(NCC3CCOC3c3ccccc3)nc2)[nH]c(=O)c1C. The first kappa shape index (κ1) is 18.4. The molecule has 0 amide bonds. The van der Waals surface area contributed by atoms with E-state index in [1.165, 1.54) is 5.56 Å². The fourth-order valence-electron chi connectivity index (χ4n) is 3.51. The molecule has 1 aliphatic heterocycles. The number of anilines is 1. The number of aromatic nitrogens is 3. The van der Waals surface area contributed by atoms with Crippen molar-refractivity contribution in [1.29, 1.82) is 0 Å². The number of benzene rings is 1.